The van der Waals surface area contributed by atoms with Crippen LogP contribution in [0.2, 0.25) is 0 Å². The van der Waals surface area contributed by atoms with Gasteiger partial charge >= 0.3 is 37.7 Å². The van der Waals surface area contributed by atoms with Gasteiger partial charge in [-0.3, -0.25) is 0 Å². The number of fused-ring (bicyclic) bond motifs is 2. The average molecular weight is 1240 g/mol. The number of rotatable bonds is 54. The van der Waals surface area contributed by atoms with Crippen LogP contribution in [0.3, 0.4) is 0 Å². The van der Waals surface area contributed by atoms with E-state index in [1.54, 1.807) is 0 Å². The summed E-state index contributed by atoms with van der Waals surface area (Å²) in [5.74, 6) is 0. The predicted octanol–water partition coefficient (Wildman–Crippen LogP) is 24.1. The molecule has 0 fully saturated rings. The maximum Gasteiger partial charge on any atom is 2.00 e. The van der Waals surface area contributed by atoms with E-state index in [4.69, 9.17) is 0 Å². The molecule has 4 rings (SSSR count). The van der Waals surface area contributed by atoms with E-state index in [0.29, 0.717) is 25.7 Å². The fraction of sp³-hybridized carbons (Fsp3) is 0.737. The first-order valence-electron chi connectivity index (χ1n) is 36.0. The van der Waals surface area contributed by atoms with Crippen molar-refractivity contribution in [1.29, 1.82) is 0 Å². The first kappa shape index (κ1) is 79.6. The molecule has 0 spiro atoms. The van der Waals surface area contributed by atoms with E-state index in [1.165, 1.54) is 257 Å². The van der Waals surface area contributed by atoms with E-state index in [0.717, 1.165) is 95.2 Å². The van der Waals surface area contributed by atoms with Gasteiger partial charge in [0.2, 0.25) is 0 Å². The second-order valence-corrected chi connectivity index (χ2v) is 28.2. The van der Waals surface area contributed by atoms with Crippen LogP contribution < -0.4 is 0 Å². The van der Waals surface area contributed by atoms with Crippen LogP contribution in [0.4, 0.5) is 0 Å². The van der Waals surface area contributed by atoms with Crippen molar-refractivity contribution in [2.24, 2.45) is 0 Å². The van der Waals surface area contributed by atoms with Crippen molar-refractivity contribution in [1.82, 2.24) is 0 Å². The smallest absolute Gasteiger partial charge is 0.744 e. The SMILES string of the molecule is CCCCCCCCCCCCCCc1cc2ccccc2c(CCCCCCCCCCCCCC)c1S(=O)(=O)[O-].CCCCCCCCCCCCCCc1cc2ccccc2c(CCCCCCCCCCCCCC)c1S(=O)(=O)[O-].[Ca+2]. The van der Waals surface area contributed by atoms with Gasteiger partial charge in [0.1, 0.15) is 20.2 Å². The van der Waals surface area contributed by atoms with E-state index in [2.05, 4.69) is 39.8 Å². The van der Waals surface area contributed by atoms with Gasteiger partial charge in [-0.15, -0.1) is 0 Å². The molecule has 9 heteroatoms. The quantitative estimate of drug-likeness (QED) is 0.0247. The van der Waals surface area contributed by atoms with Crippen LogP contribution in [-0.2, 0) is 45.9 Å². The third-order valence-corrected chi connectivity index (χ3v) is 20.0. The van der Waals surface area contributed by atoms with E-state index in [-0.39, 0.29) is 47.5 Å². The van der Waals surface area contributed by atoms with Gasteiger partial charge in [-0.2, -0.15) is 0 Å². The molecule has 480 valence electrons. The summed E-state index contributed by atoms with van der Waals surface area (Å²) in [6.07, 6.45) is 63.7. The predicted molar refractivity (Wildman–Crippen MR) is 369 cm³/mol. The first-order valence-corrected chi connectivity index (χ1v) is 38.8. The summed E-state index contributed by atoms with van der Waals surface area (Å²) in [7, 11) is -9.08. The van der Waals surface area contributed by atoms with Gasteiger partial charge < -0.3 is 9.11 Å². The molecule has 85 heavy (non-hydrogen) atoms. The number of unbranched alkanes of at least 4 members (excludes halogenated alkanes) is 44. The molecule has 0 N–H and O–H groups in total. The number of hydrogen-bond donors (Lipinski definition) is 0. The maximum absolute atomic E-state index is 12.6. The van der Waals surface area contributed by atoms with E-state index < -0.39 is 20.2 Å². The average Bonchev–Trinajstić information content (AvgIpc) is 3.07. The molecule has 0 aliphatic carbocycles. The standard InChI is InChI=1S/2C38H64O3S.Ca/c2*1-3-5-7-9-11-13-15-17-19-21-23-25-30-35-33-34-29-27-28-31-36(34)37(38(35)42(39,40)41)32-26-24-22-20-18-16-14-12-10-8-6-4-2;/h2*27-29,31,33H,3-26,30,32H2,1-2H3,(H,39,40,41);/q;;+2/p-2. The van der Waals surface area contributed by atoms with Gasteiger partial charge in [-0.05, 0) is 107 Å². The molecule has 0 aliphatic heterocycles. The molecule has 0 heterocycles. The Morgan fingerprint density at radius 3 is 0.671 bits per heavy atom. The van der Waals surface area contributed by atoms with Crippen molar-refractivity contribution >= 4 is 79.5 Å². The number of benzene rings is 4. The van der Waals surface area contributed by atoms with Crippen LogP contribution >= 0.6 is 0 Å². The maximum atomic E-state index is 12.6. The molecule has 0 aliphatic rings. The molecular formula is C76H126CaO6S2. The number of hydrogen-bond acceptors (Lipinski definition) is 6. The fourth-order valence-corrected chi connectivity index (χ4v) is 15.0. The number of aryl methyl sites for hydroxylation is 4. The summed E-state index contributed by atoms with van der Waals surface area (Å²) in [4.78, 5) is 0.180. The van der Waals surface area contributed by atoms with Crippen molar-refractivity contribution in [2.45, 2.75) is 371 Å². The van der Waals surface area contributed by atoms with Gasteiger partial charge in [-0.1, -0.05) is 359 Å². The Kier molecular flexibility index (Phi) is 48.8. The normalized spacial score (nSPS) is 11.8. The molecule has 0 aromatic heterocycles. The van der Waals surface area contributed by atoms with Gasteiger partial charge in [0, 0.05) is 0 Å². The minimum Gasteiger partial charge on any atom is -0.744 e. The molecule has 0 unspecified atom stereocenters. The van der Waals surface area contributed by atoms with Gasteiger partial charge in [-0.25, -0.2) is 16.8 Å². The van der Waals surface area contributed by atoms with Crippen molar-refractivity contribution in [2.75, 3.05) is 0 Å². The Balaban J connectivity index is 0.000000573. The Bertz CT molecular complexity index is 2300. The van der Waals surface area contributed by atoms with E-state index in [1.807, 2.05) is 48.5 Å². The zero-order valence-corrected chi connectivity index (χ0v) is 59.4. The summed E-state index contributed by atoms with van der Waals surface area (Å²) in [5.41, 5.74) is 3.02. The minimum absolute atomic E-state index is 0. The van der Waals surface area contributed by atoms with Crippen LogP contribution in [0.5, 0.6) is 0 Å². The zero-order chi connectivity index (χ0) is 60.6. The second kappa shape index (κ2) is 52.1. The molecule has 0 saturated carbocycles. The summed E-state index contributed by atoms with van der Waals surface area (Å²) in [5, 5.41) is 4.00. The topological polar surface area (TPSA) is 114 Å². The van der Waals surface area contributed by atoms with Crippen LogP contribution in [0, 0.1) is 0 Å². The molecule has 4 aromatic carbocycles. The molecule has 0 atom stereocenters. The minimum atomic E-state index is -4.54. The molecular weight excluding hydrogens is 1110 g/mol. The molecule has 6 nitrogen and oxygen atoms in total. The van der Waals surface area contributed by atoms with Crippen molar-refractivity contribution in [3.8, 4) is 0 Å². The fourth-order valence-electron chi connectivity index (χ4n) is 13.0. The second-order valence-electron chi connectivity index (χ2n) is 25.6. The Morgan fingerprint density at radius 2 is 0.459 bits per heavy atom. The molecule has 0 amide bonds. The molecule has 0 bridgehead atoms. The largest absolute Gasteiger partial charge is 2.00 e. The Labute approximate surface area is 555 Å². The van der Waals surface area contributed by atoms with Crippen molar-refractivity contribution in [3.05, 3.63) is 82.9 Å². The van der Waals surface area contributed by atoms with Crippen molar-refractivity contribution < 1.29 is 25.9 Å². The molecule has 0 radical (unpaired) electrons. The summed E-state index contributed by atoms with van der Waals surface area (Å²) in [6, 6.07) is 20.0. The van der Waals surface area contributed by atoms with E-state index in [9.17, 15) is 25.9 Å². The van der Waals surface area contributed by atoms with Crippen molar-refractivity contribution in [3.63, 3.8) is 0 Å². The summed E-state index contributed by atoms with van der Waals surface area (Å²) >= 11 is 0. The third kappa shape index (κ3) is 36.8. The van der Waals surface area contributed by atoms with Crippen LogP contribution in [-0.4, -0.2) is 63.7 Å². The van der Waals surface area contributed by atoms with Gasteiger partial charge in [0.05, 0.1) is 9.79 Å². The summed E-state index contributed by atoms with van der Waals surface area (Å²) in [6.45, 7) is 9.06. The Hall–Kier alpha value is -1.52. The van der Waals surface area contributed by atoms with Gasteiger partial charge in [0.15, 0.2) is 0 Å². The third-order valence-electron chi connectivity index (χ3n) is 18.0. The van der Waals surface area contributed by atoms with E-state index >= 15 is 0 Å². The molecule has 0 saturated heterocycles. The van der Waals surface area contributed by atoms with Crippen LogP contribution in [0.1, 0.15) is 358 Å². The molecule has 4 aromatic rings. The monoisotopic (exact) mass is 1240 g/mol. The Morgan fingerprint density at radius 1 is 0.271 bits per heavy atom. The van der Waals surface area contributed by atoms with Gasteiger partial charge in [0.25, 0.3) is 0 Å². The zero-order valence-electron chi connectivity index (χ0n) is 55.5. The van der Waals surface area contributed by atoms with Crippen LogP contribution in [0.15, 0.2) is 70.5 Å². The van der Waals surface area contributed by atoms with Crippen LogP contribution in [0.25, 0.3) is 21.5 Å². The first-order chi connectivity index (χ1) is 41.0. The summed E-state index contributed by atoms with van der Waals surface area (Å²) < 4.78 is 75.6.